The number of benzene rings is 1. The fourth-order valence-electron chi connectivity index (χ4n) is 1.89. The van der Waals surface area contributed by atoms with Crippen LogP contribution in [0.2, 0.25) is 10.0 Å². The predicted molar refractivity (Wildman–Crippen MR) is 73.8 cm³/mol. The standard InChI is InChI=1S/C13H17Cl2NO2/c14-10-3-4-13(12(15)8-10)18-7-5-16-9-11-2-1-6-17-11/h3-4,8,11,16H,1-2,5-7,9H2. The highest BCUT2D eigenvalue weighted by atomic mass is 35.5. The Morgan fingerprint density at radius 3 is 3.00 bits per heavy atom. The van der Waals surface area contributed by atoms with E-state index in [1.165, 1.54) is 6.42 Å². The van der Waals surface area contributed by atoms with Gasteiger partial charge in [-0.25, -0.2) is 0 Å². The van der Waals surface area contributed by atoms with Gasteiger partial charge in [0.05, 0.1) is 11.1 Å². The highest BCUT2D eigenvalue weighted by molar-refractivity contribution is 6.35. The van der Waals surface area contributed by atoms with Gasteiger partial charge < -0.3 is 14.8 Å². The number of hydrogen-bond acceptors (Lipinski definition) is 3. The molecular weight excluding hydrogens is 273 g/mol. The van der Waals surface area contributed by atoms with E-state index >= 15 is 0 Å². The summed E-state index contributed by atoms with van der Waals surface area (Å²) in [7, 11) is 0. The molecule has 0 spiro atoms. The Bertz CT molecular complexity index is 381. The lowest BCUT2D eigenvalue weighted by atomic mass is 10.2. The highest BCUT2D eigenvalue weighted by Crippen LogP contribution is 2.27. The van der Waals surface area contributed by atoms with Crippen molar-refractivity contribution >= 4 is 23.2 Å². The Morgan fingerprint density at radius 2 is 2.28 bits per heavy atom. The SMILES string of the molecule is Clc1ccc(OCCNCC2CCCO2)c(Cl)c1. The van der Waals surface area contributed by atoms with E-state index < -0.39 is 0 Å². The number of hydrogen-bond donors (Lipinski definition) is 1. The predicted octanol–water partition coefficient (Wildman–Crippen LogP) is 3.14. The summed E-state index contributed by atoms with van der Waals surface area (Å²) in [6.45, 7) is 3.13. The molecule has 5 heteroatoms. The maximum absolute atomic E-state index is 6.00. The van der Waals surface area contributed by atoms with Gasteiger partial charge in [0.1, 0.15) is 12.4 Å². The minimum atomic E-state index is 0.365. The second kappa shape index (κ2) is 7.19. The normalized spacial score (nSPS) is 19.1. The molecule has 0 amide bonds. The average Bonchev–Trinajstić information content (AvgIpc) is 2.84. The summed E-state index contributed by atoms with van der Waals surface area (Å²) >= 11 is 11.8. The number of halogens is 2. The van der Waals surface area contributed by atoms with Crippen LogP contribution in [0, 0.1) is 0 Å². The molecule has 0 aliphatic carbocycles. The molecule has 0 bridgehead atoms. The van der Waals surface area contributed by atoms with Crippen LogP contribution < -0.4 is 10.1 Å². The van der Waals surface area contributed by atoms with E-state index in [4.69, 9.17) is 32.7 Å². The van der Waals surface area contributed by atoms with Crippen LogP contribution in [0.25, 0.3) is 0 Å². The second-order valence-corrected chi connectivity index (χ2v) is 5.11. The molecular formula is C13H17Cl2NO2. The van der Waals surface area contributed by atoms with Crippen LogP contribution in [-0.2, 0) is 4.74 Å². The summed E-state index contributed by atoms with van der Waals surface area (Å²) in [5.74, 6) is 0.667. The molecule has 1 saturated heterocycles. The molecule has 1 aliphatic rings. The van der Waals surface area contributed by atoms with Gasteiger partial charge >= 0.3 is 0 Å². The van der Waals surface area contributed by atoms with Crippen LogP contribution in [0.15, 0.2) is 18.2 Å². The van der Waals surface area contributed by atoms with Crippen LogP contribution in [0.3, 0.4) is 0 Å². The van der Waals surface area contributed by atoms with Gasteiger partial charge in [-0.05, 0) is 31.0 Å². The molecule has 0 aromatic heterocycles. The number of rotatable bonds is 6. The van der Waals surface area contributed by atoms with E-state index in [-0.39, 0.29) is 0 Å². The van der Waals surface area contributed by atoms with Crippen molar-refractivity contribution in [3.8, 4) is 5.75 Å². The molecule has 0 radical (unpaired) electrons. The lowest BCUT2D eigenvalue weighted by Crippen LogP contribution is -2.29. The van der Waals surface area contributed by atoms with Crippen LogP contribution in [0.1, 0.15) is 12.8 Å². The van der Waals surface area contributed by atoms with Gasteiger partial charge in [-0.3, -0.25) is 0 Å². The third-order valence-corrected chi connectivity index (χ3v) is 3.36. The van der Waals surface area contributed by atoms with Gasteiger partial charge in [0.2, 0.25) is 0 Å². The van der Waals surface area contributed by atoms with E-state index in [0.717, 1.165) is 26.1 Å². The summed E-state index contributed by atoms with van der Waals surface area (Å²) in [6.07, 6.45) is 2.68. The molecule has 1 N–H and O–H groups in total. The molecule has 1 unspecified atom stereocenters. The van der Waals surface area contributed by atoms with Crippen molar-refractivity contribution in [1.29, 1.82) is 0 Å². The van der Waals surface area contributed by atoms with Crippen molar-refractivity contribution in [3.63, 3.8) is 0 Å². The molecule has 1 fully saturated rings. The molecule has 2 rings (SSSR count). The van der Waals surface area contributed by atoms with Crippen molar-refractivity contribution in [2.75, 3.05) is 26.3 Å². The van der Waals surface area contributed by atoms with Gasteiger partial charge in [-0.2, -0.15) is 0 Å². The zero-order valence-electron chi connectivity index (χ0n) is 10.1. The molecule has 1 heterocycles. The van der Waals surface area contributed by atoms with Crippen LogP contribution >= 0.6 is 23.2 Å². The minimum absolute atomic E-state index is 0.365. The zero-order chi connectivity index (χ0) is 12.8. The first-order valence-corrected chi connectivity index (χ1v) is 6.91. The zero-order valence-corrected chi connectivity index (χ0v) is 11.6. The minimum Gasteiger partial charge on any atom is -0.491 e. The van der Waals surface area contributed by atoms with Crippen LogP contribution in [0.4, 0.5) is 0 Å². The molecule has 100 valence electrons. The molecule has 0 saturated carbocycles. The first kappa shape index (κ1) is 13.9. The summed E-state index contributed by atoms with van der Waals surface area (Å²) < 4.78 is 11.1. The first-order valence-electron chi connectivity index (χ1n) is 6.16. The fraction of sp³-hybridized carbons (Fsp3) is 0.538. The molecule has 3 nitrogen and oxygen atoms in total. The van der Waals surface area contributed by atoms with E-state index in [1.54, 1.807) is 18.2 Å². The molecule has 18 heavy (non-hydrogen) atoms. The van der Waals surface area contributed by atoms with E-state index in [9.17, 15) is 0 Å². The van der Waals surface area contributed by atoms with Crippen molar-refractivity contribution < 1.29 is 9.47 Å². The Labute approximate surface area is 117 Å². The maximum Gasteiger partial charge on any atom is 0.138 e. The van der Waals surface area contributed by atoms with Gasteiger partial charge in [-0.15, -0.1) is 0 Å². The highest BCUT2D eigenvalue weighted by Gasteiger charge is 2.14. The molecule has 1 atom stereocenters. The third-order valence-electron chi connectivity index (χ3n) is 2.83. The maximum atomic E-state index is 6.00. The van der Waals surface area contributed by atoms with Crippen LogP contribution in [0.5, 0.6) is 5.75 Å². The topological polar surface area (TPSA) is 30.5 Å². The largest absolute Gasteiger partial charge is 0.491 e. The van der Waals surface area contributed by atoms with Crippen molar-refractivity contribution in [2.45, 2.75) is 18.9 Å². The quantitative estimate of drug-likeness (QED) is 0.816. The third kappa shape index (κ3) is 4.32. The lowest BCUT2D eigenvalue weighted by Gasteiger charge is -2.12. The summed E-state index contributed by atoms with van der Waals surface area (Å²) in [5.41, 5.74) is 0. The molecule has 1 aromatic rings. The monoisotopic (exact) mass is 289 g/mol. The van der Waals surface area contributed by atoms with E-state index in [0.29, 0.717) is 28.5 Å². The first-order chi connectivity index (χ1) is 8.75. The van der Waals surface area contributed by atoms with E-state index in [1.807, 2.05) is 0 Å². The Hall–Kier alpha value is -0.480. The smallest absolute Gasteiger partial charge is 0.138 e. The summed E-state index contributed by atoms with van der Waals surface area (Å²) in [5, 5.41) is 4.47. The molecule has 1 aromatic carbocycles. The number of ether oxygens (including phenoxy) is 2. The lowest BCUT2D eigenvalue weighted by molar-refractivity contribution is 0.109. The second-order valence-electron chi connectivity index (χ2n) is 4.26. The average molecular weight is 290 g/mol. The summed E-state index contributed by atoms with van der Waals surface area (Å²) in [6, 6.07) is 5.23. The van der Waals surface area contributed by atoms with Gasteiger partial charge in [-0.1, -0.05) is 23.2 Å². The Morgan fingerprint density at radius 1 is 1.39 bits per heavy atom. The molecule has 1 aliphatic heterocycles. The van der Waals surface area contributed by atoms with Crippen LogP contribution in [-0.4, -0.2) is 32.4 Å². The fourth-order valence-corrected chi connectivity index (χ4v) is 2.36. The number of nitrogens with one attached hydrogen (secondary N) is 1. The van der Waals surface area contributed by atoms with Crippen molar-refractivity contribution in [2.24, 2.45) is 0 Å². The summed E-state index contributed by atoms with van der Waals surface area (Å²) in [4.78, 5) is 0. The van der Waals surface area contributed by atoms with Gasteiger partial charge in [0, 0.05) is 24.7 Å². The van der Waals surface area contributed by atoms with Crippen molar-refractivity contribution in [1.82, 2.24) is 5.32 Å². The van der Waals surface area contributed by atoms with Gasteiger partial charge in [0.15, 0.2) is 0 Å². The Balaban J connectivity index is 1.62. The van der Waals surface area contributed by atoms with Gasteiger partial charge in [0.25, 0.3) is 0 Å². The Kier molecular flexibility index (Phi) is 5.57. The van der Waals surface area contributed by atoms with E-state index in [2.05, 4.69) is 5.32 Å². The van der Waals surface area contributed by atoms with Crippen molar-refractivity contribution in [3.05, 3.63) is 28.2 Å².